The monoisotopic (exact) mass is 492 g/mol. The Bertz CT molecular complexity index is 896. The largest absolute Gasteiger partial charge is 0.534 e. The van der Waals surface area contributed by atoms with Crippen molar-refractivity contribution in [2.45, 2.75) is 89.0 Å². The average Bonchev–Trinajstić information content (AvgIpc) is 3.33. The van der Waals surface area contributed by atoms with Crippen LogP contribution < -0.4 is 0 Å². The van der Waals surface area contributed by atoms with Crippen molar-refractivity contribution in [1.82, 2.24) is 0 Å². The lowest BCUT2D eigenvalue weighted by atomic mass is 9.59. The maximum Gasteiger partial charge on any atom is 0.534 e. The summed E-state index contributed by atoms with van der Waals surface area (Å²) in [6.07, 6.45) is 8.35. The van der Waals surface area contributed by atoms with Crippen LogP contribution in [0.15, 0.2) is 24.0 Å². The van der Waals surface area contributed by atoms with Crippen molar-refractivity contribution in [1.29, 1.82) is 0 Å². The predicted molar refractivity (Wildman–Crippen MR) is 119 cm³/mol. The third-order valence-corrected chi connectivity index (χ3v) is 15.8. The molecule has 4 rings (SSSR count). The van der Waals surface area contributed by atoms with Gasteiger partial charge in [-0.3, -0.25) is 0 Å². The summed E-state index contributed by atoms with van der Waals surface area (Å²) in [6, 6.07) is 0. The number of fused-ring (bicyclic) bond motifs is 4. The van der Waals surface area contributed by atoms with Crippen LogP contribution in [0.3, 0.4) is 0 Å². The first kappa shape index (κ1) is 24.3. The maximum absolute atomic E-state index is 13.0. The molecule has 0 saturated heterocycles. The fraction of sp³-hybridized carbons (Fsp3) is 0.826. The molecule has 0 aromatic carbocycles. The van der Waals surface area contributed by atoms with Crippen molar-refractivity contribution in [3.05, 3.63) is 24.0 Å². The van der Waals surface area contributed by atoms with Crippen LogP contribution in [-0.4, -0.2) is 28.3 Å². The van der Waals surface area contributed by atoms with Crippen molar-refractivity contribution in [3.8, 4) is 0 Å². The molecule has 9 heteroatoms. The molecule has 0 heterocycles. The Morgan fingerprint density at radius 1 is 1.00 bits per heavy atom. The molecule has 4 bridgehead atoms. The number of alkyl halides is 3. The summed E-state index contributed by atoms with van der Waals surface area (Å²) in [5.74, 6) is 0.0707. The Hall–Kier alpha value is -0.803. The molecule has 1 spiro atoms. The van der Waals surface area contributed by atoms with Crippen molar-refractivity contribution >= 4 is 18.4 Å². The van der Waals surface area contributed by atoms with Crippen LogP contribution in [-0.2, 0) is 18.7 Å². The van der Waals surface area contributed by atoms with E-state index in [1.807, 2.05) is 0 Å². The molecule has 5 atom stereocenters. The molecule has 0 aromatic heterocycles. The lowest BCUT2D eigenvalue weighted by Crippen LogP contribution is -2.58. The fourth-order valence-corrected chi connectivity index (χ4v) is 13.6. The molecule has 0 aromatic rings. The smallest absolute Gasteiger partial charge is 0.412 e. The lowest BCUT2D eigenvalue weighted by molar-refractivity contribution is -0.0573. The fourth-order valence-electron chi connectivity index (χ4n) is 7.45. The molecule has 0 amide bonds. The first-order chi connectivity index (χ1) is 14.7. The standard InChI is InChI=1S/C23H35F3O4SSi/c1-13(2)32(14(3)4,15(5)6)30-21-17-11-16(29-31(27,28)23(24,25)26)12-18(21)20-8-7-19(17)22(20)9-10-22/h7-8,11,13-15,17-21H,9-10,12H2,1-6H3/t17-,18-,19+,20-,21-/m1/s1. The molecule has 4 aliphatic carbocycles. The number of halogens is 3. The Morgan fingerprint density at radius 3 is 2.00 bits per heavy atom. The number of rotatable bonds is 7. The Morgan fingerprint density at radius 2 is 1.53 bits per heavy atom. The molecule has 0 radical (unpaired) electrons. The van der Waals surface area contributed by atoms with Gasteiger partial charge in [-0.15, -0.1) is 0 Å². The minimum Gasteiger partial charge on any atom is -0.412 e. The van der Waals surface area contributed by atoms with E-state index in [0.717, 1.165) is 12.8 Å². The predicted octanol–water partition coefficient (Wildman–Crippen LogP) is 6.53. The summed E-state index contributed by atoms with van der Waals surface area (Å²) in [6.45, 7) is 13.3. The summed E-state index contributed by atoms with van der Waals surface area (Å²) in [7, 11) is -7.90. The van der Waals surface area contributed by atoms with Crippen molar-refractivity contribution in [2.75, 3.05) is 0 Å². The van der Waals surface area contributed by atoms with Gasteiger partial charge in [-0.2, -0.15) is 21.6 Å². The van der Waals surface area contributed by atoms with Crippen molar-refractivity contribution in [2.24, 2.45) is 29.1 Å². The zero-order chi connectivity index (χ0) is 23.9. The Labute approximate surface area is 190 Å². The van der Waals surface area contributed by atoms with Gasteiger partial charge in [-0.05, 0) is 58.7 Å². The van der Waals surface area contributed by atoms with Crippen molar-refractivity contribution in [3.63, 3.8) is 0 Å². The van der Waals surface area contributed by atoms with E-state index in [4.69, 9.17) is 4.43 Å². The normalized spacial score (nSPS) is 33.4. The van der Waals surface area contributed by atoms with E-state index < -0.39 is 23.9 Å². The van der Waals surface area contributed by atoms with E-state index in [1.165, 1.54) is 0 Å². The van der Waals surface area contributed by atoms with E-state index in [1.54, 1.807) is 6.08 Å². The van der Waals surface area contributed by atoms with Gasteiger partial charge in [-0.25, -0.2) is 0 Å². The second-order valence-corrected chi connectivity index (χ2v) is 18.1. The Kier molecular flexibility index (Phi) is 5.78. The van der Waals surface area contributed by atoms with Crippen LogP contribution in [0.2, 0.25) is 16.6 Å². The van der Waals surface area contributed by atoms with Crippen LogP contribution in [0.1, 0.15) is 60.8 Å². The molecule has 182 valence electrons. The first-order valence-corrected chi connectivity index (χ1v) is 15.3. The molecule has 4 nitrogen and oxygen atoms in total. The maximum atomic E-state index is 13.0. The highest BCUT2D eigenvalue weighted by atomic mass is 32.2. The van der Waals surface area contributed by atoms with E-state index >= 15 is 0 Å². The highest BCUT2D eigenvalue weighted by Crippen LogP contribution is 2.71. The van der Waals surface area contributed by atoms with Gasteiger partial charge < -0.3 is 8.61 Å². The highest BCUT2D eigenvalue weighted by Gasteiger charge is 2.67. The summed E-state index contributed by atoms with van der Waals surface area (Å²) in [5.41, 5.74) is -4.10. The molecule has 4 aliphatic rings. The van der Waals surface area contributed by atoms with Crippen LogP contribution >= 0.6 is 0 Å². The third-order valence-electron chi connectivity index (χ3n) is 8.72. The molecule has 0 aliphatic heterocycles. The van der Waals surface area contributed by atoms with E-state index in [-0.39, 0.29) is 47.4 Å². The molecular weight excluding hydrogens is 457 g/mol. The van der Waals surface area contributed by atoms with Crippen LogP contribution in [0.25, 0.3) is 0 Å². The van der Waals surface area contributed by atoms with Crippen LogP contribution in [0, 0.1) is 29.1 Å². The summed E-state index contributed by atoms with van der Waals surface area (Å²) in [5, 5.41) is 0. The molecule has 2 saturated carbocycles. The summed E-state index contributed by atoms with van der Waals surface area (Å²) in [4.78, 5) is 0. The van der Waals surface area contributed by atoms with Gasteiger partial charge in [0, 0.05) is 12.3 Å². The van der Waals surface area contributed by atoms with Crippen molar-refractivity contribution < 1.29 is 30.2 Å². The molecule has 32 heavy (non-hydrogen) atoms. The lowest BCUT2D eigenvalue weighted by Gasteiger charge is -2.54. The second kappa shape index (κ2) is 7.60. The molecule has 2 fully saturated rings. The van der Waals surface area contributed by atoms with E-state index in [2.05, 4.69) is 57.9 Å². The molecular formula is C23H35F3O4SSi. The average molecular weight is 493 g/mol. The van der Waals surface area contributed by atoms with Gasteiger partial charge in [-0.1, -0.05) is 53.7 Å². The quantitative estimate of drug-likeness (QED) is 0.175. The number of allylic oxidation sites excluding steroid dienone is 3. The minimum absolute atomic E-state index is 0.0657. The Balaban J connectivity index is 1.72. The third kappa shape index (κ3) is 3.44. The van der Waals surface area contributed by atoms with E-state index in [9.17, 15) is 21.6 Å². The summed E-state index contributed by atoms with van der Waals surface area (Å²) < 4.78 is 74.2. The molecule has 0 N–H and O–H groups in total. The summed E-state index contributed by atoms with van der Waals surface area (Å²) >= 11 is 0. The number of hydrogen-bond acceptors (Lipinski definition) is 4. The van der Waals surface area contributed by atoms with Gasteiger partial charge in [0.05, 0.1) is 6.10 Å². The van der Waals surface area contributed by atoms with Gasteiger partial charge >= 0.3 is 15.6 Å². The first-order valence-electron chi connectivity index (χ1n) is 11.7. The van der Waals surface area contributed by atoms with Gasteiger partial charge in [0.15, 0.2) is 0 Å². The topological polar surface area (TPSA) is 52.6 Å². The van der Waals surface area contributed by atoms with Crippen LogP contribution in [0.4, 0.5) is 13.2 Å². The van der Waals surface area contributed by atoms with E-state index in [0.29, 0.717) is 16.6 Å². The van der Waals surface area contributed by atoms with Crippen LogP contribution in [0.5, 0.6) is 0 Å². The SMILES string of the molecule is CC(C)[Si](O[C@@H]1[C@@H]2C=C(OS(=O)(=O)C(F)(F)F)C[C@@H]1[C@H]1C=C[C@@H]2C12CC2)(C(C)C)C(C)C. The highest BCUT2D eigenvalue weighted by molar-refractivity contribution is 7.87. The number of hydrogen-bond donors (Lipinski definition) is 0. The van der Waals surface area contributed by atoms with Gasteiger partial charge in [0.2, 0.25) is 8.32 Å². The molecule has 0 unspecified atom stereocenters. The zero-order valence-electron chi connectivity index (χ0n) is 19.6. The van der Waals surface area contributed by atoms with Gasteiger partial charge in [0.1, 0.15) is 5.76 Å². The minimum atomic E-state index is -5.67. The van der Waals surface area contributed by atoms with Gasteiger partial charge in [0.25, 0.3) is 0 Å². The zero-order valence-corrected chi connectivity index (χ0v) is 21.5. The second-order valence-electron chi connectivity index (χ2n) is 11.1.